The molecule has 0 aliphatic carbocycles. The Bertz CT molecular complexity index is 1380. The third-order valence-electron chi connectivity index (χ3n) is 6.10. The SMILES string of the molecule is CC=C(C(=N)c1c(Cl)cccc1Cl)C(=O)N1CCC(c2ccc(S(=O)(=O)Nc3nccs3)cc2)CC1. The predicted molar refractivity (Wildman–Crippen MR) is 145 cm³/mol. The van der Waals surface area contributed by atoms with Crippen molar-refractivity contribution in [2.45, 2.75) is 30.6 Å². The summed E-state index contributed by atoms with van der Waals surface area (Å²) in [5.74, 6) is -0.0316. The molecule has 0 saturated carbocycles. The first-order valence-electron chi connectivity index (χ1n) is 11.2. The van der Waals surface area contributed by atoms with Crippen molar-refractivity contribution in [3.63, 3.8) is 0 Å². The number of amides is 1. The van der Waals surface area contributed by atoms with Gasteiger partial charge in [-0.05, 0) is 55.5 Å². The number of rotatable bonds is 7. The fraction of sp³-hybridized carbons (Fsp3) is 0.240. The molecule has 0 radical (unpaired) electrons. The van der Waals surface area contributed by atoms with E-state index in [1.807, 2.05) is 12.1 Å². The van der Waals surface area contributed by atoms with E-state index in [9.17, 15) is 13.2 Å². The van der Waals surface area contributed by atoms with E-state index in [4.69, 9.17) is 28.6 Å². The molecule has 188 valence electrons. The number of hydrogen-bond donors (Lipinski definition) is 2. The molecule has 0 bridgehead atoms. The number of benzene rings is 2. The monoisotopic (exact) mass is 562 g/mol. The second kappa shape index (κ2) is 11.1. The Morgan fingerprint density at radius 1 is 1.14 bits per heavy atom. The Balaban J connectivity index is 1.40. The number of hydrogen-bond acceptors (Lipinski definition) is 6. The highest BCUT2D eigenvalue weighted by atomic mass is 35.5. The van der Waals surface area contributed by atoms with Gasteiger partial charge in [-0.3, -0.25) is 14.9 Å². The van der Waals surface area contributed by atoms with Crippen molar-refractivity contribution in [1.82, 2.24) is 9.88 Å². The van der Waals surface area contributed by atoms with Gasteiger partial charge in [-0.15, -0.1) is 11.3 Å². The van der Waals surface area contributed by atoms with E-state index < -0.39 is 10.0 Å². The van der Waals surface area contributed by atoms with Crippen LogP contribution in [-0.4, -0.2) is 43.0 Å². The lowest BCUT2D eigenvalue weighted by Crippen LogP contribution is -2.40. The van der Waals surface area contributed by atoms with Crippen LogP contribution in [0.2, 0.25) is 10.0 Å². The zero-order chi connectivity index (χ0) is 25.9. The van der Waals surface area contributed by atoms with Crippen molar-refractivity contribution >= 4 is 61.3 Å². The van der Waals surface area contributed by atoms with E-state index in [0.29, 0.717) is 33.8 Å². The largest absolute Gasteiger partial charge is 0.339 e. The normalized spacial score (nSPS) is 15.1. The van der Waals surface area contributed by atoms with E-state index in [0.717, 1.165) is 18.4 Å². The number of thiazole rings is 1. The Kier molecular flexibility index (Phi) is 8.14. The lowest BCUT2D eigenvalue weighted by Gasteiger charge is -2.33. The maximum absolute atomic E-state index is 13.2. The van der Waals surface area contributed by atoms with E-state index in [1.165, 1.54) is 17.5 Å². The summed E-state index contributed by atoms with van der Waals surface area (Å²) in [6, 6.07) is 11.8. The van der Waals surface area contributed by atoms with Crippen molar-refractivity contribution in [1.29, 1.82) is 5.41 Å². The van der Waals surface area contributed by atoms with Crippen LogP contribution >= 0.6 is 34.5 Å². The third kappa shape index (κ3) is 5.64. The van der Waals surface area contributed by atoms with Crippen LogP contribution in [0.3, 0.4) is 0 Å². The molecule has 36 heavy (non-hydrogen) atoms. The van der Waals surface area contributed by atoms with Crippen molar-refractivity contribution in [3.05, 3.63) is 86.9 Å². The second-order valence-electron chi connectivity index (χ2n) is 8.25. The molecule has 0 unspecified atom stereocenters. The molecule has 1 fully saturated rings. The Hall–Kier alpha value is -2.72. The summed E-state index contributed by atoms with van der Waals surface area (Å²) in [5.41, 5.74) is 1.63. The summed E-state index contributed by atoms with van der Waals surface area (Å²) < 4.78 is 27.6. The Morgan fingerprint density at radius 3 is 2.33 bits per heavy atom. The molecule has 1 aliphatic rings. The zero-order valence-corrected chi connectivity index (χ0v) is 22.5. The molecule has 2 heterocycles. The average Bonchev–Trinajstić information content (AvgIpc) is 3.37. The first-order chi connectivity index (χ1) is 17.2. The van der Waals surface area contributed by atoms with Crippen LogP contribution < -0.4 is 4.72 Å². The van der Waals surface area contributed by atoms with Gasteiger partial charge < -0.3 is 4.90 Å². The molecule has 0 spiro atoms. The summed E-state index contributed by atoms with van der Waals surface area (Å²) in [5, 5.41) is 11.3. The van der Waals surface area contributed by atoms with E-state index in [-0.39, 0.29) is 28.0 Å². The molecule has 7 nitrogen and oxygen atoms in total. The number of halogens is 2. The van der Waals surface area contributed by atoms with Gasteiger partial charge in [0.1, 0.15) is 0 Å². The van der Waals surface area contributed by atoms with Crippen LogP contribution in [0.15, 0.2) is 70.6 Å². The highest BCUT2D eigenvalue weighted by Crippen LogP contribution is 2.31. The van der Waals surface area contributed by atoms with Gasteiger partial charge in [-0.1, -0.05) is 47.5 Å². The Labute approximate surface area is 224 Å². The summed E-state index contributed by atoms with van der Waals surface area (Å²) >= 11 is 13.7. The molecule has 2 N–H and O–H groups in total. The molecule has 0 atom stereocenters. The van der Waals surface area contributed by atoms with Crippen molar-refractivity contribution in [2.24, 2.45) is 0 Å². The number of anilines is 1. The summed E-state index contributed by atoms with van der Waals surface area (Å²) in [6.45, 7) is 2.77. The van der Waals surface area contributed by atoms with Gasteiger partial charge in [0, 0.05) is 30.2 Å². The smallest absolute Gasteiger partial charge is 0.263 e. The zero-order valence-electron chi connectivity index (χ0n) is 19.4. The van der Waals surface area contributed by atoms with Crippen LogP contribution in [0, 0.1) is 5.41 Å². The molecule has 1 aliphatic heterocycles. The minimum atomic E-state index is -3.70. The number of nitrogens with zero attached hydrogens (tertiary/aromatic N) is 2. The number of sulfonamides is 1. The average molecular weight is 564 g/mol. The van der Waals surface area contributed by atoms with Crippen molar-refractivity contribution in [2.75, 3.05) is 17.8 Å². The number of aromatic nitrogens is 1. The molecule has 4 rings (SSSR count). The van der Waals surface area contributed by atoms with E-state index >= 15 is 0 Å². The van der Waals surface area contributed by atoms with Gasteiger partial charge in [0.25, 0.3) is 15.9 Å². The number of likely N-dealkylation sites (tertiary alicyclic amines) is 1. The maximum atomic E-state index is 13.2. The molecule has 1 aromatic heterocycles. The van der Waals surface area contributed by atoms with Gasteiger partial charge in [-0.2, -0.15) is 0 Å². The van der Waals surface area contributed by atoms with Gasteiger partial charge in [0.05, 0.1) is 26.2 Å². The lowest BCUT2D eigenvalue weighted by atomic mass is 9.89. The van der Waals surface area contributed by atoms with Gasteiger partial charge in [-0.25, -0.2) is 13.4 Å². The van der Waals surface area contributed by atoms with Crippen LogP contribution in [-0.2, 0) is 14.8 Å². The van der Waals surface area contributed by atoms with Crippen molar-refractivity contribution < 1.29 is 13.2 Å². The lowest BCUT2D eigenvalue weighted by molar-refractivity contribution is -0.127. The van der Waals surface area contributed by atoms with Gasteiger partial charge >= 0.3 is 0 Å². The molecular formula is C25H24Cl2N4O3S2. The minimum absolute atomic E-state index is 0.00313. The highest BCUT2D eigenvalue weighted by Gasteiger charge is 2.29. The Morgan fingerprint density at radius 2 is 1.78 bits per heavy atom. The van der Waals surface area contributed by atoms with E-state index in [1.54, 1.807) is 53.6 Å². The molecule has 2 aromatic carbocycles. The predicted octanol–water partition coefficient (Wildman–Crippen LogP) is 5.97. The van der Waals surface area contributed by atoms with Crippen LogP contribution in [0.25, 0.3) is 0 Å². The topological polar surface area (TPSA) is 103 Å². The molecular weight excluding hydrogens is 539 g/mol. The highest BCUT2D eigenvalue weighted by molar-refractivity contribution is 7.93. The number of carbonyl (C=O) groups is 1. The first-order valence-corrected chi connectivity index (χ1v) is 14.3. The fourth-order valence-electron chi connectivity index (χ4n) is 4.20. The third-order valence-corrected chi connectivity index (χ3v) is 8.90. The minimum Gasteiger partial charge on any atom is -0.339 e. The van der Waals surface area contributed by atoms with Crippen LogP contribution in [0.5, 0.6) is 0 Å². The summed E-state index contributed by atoms with van der Waals surface area (Å²) in [6.07, 6.45) is 4.62. The molecule has 1 amide bonds. The molecule has 11 heteroatoms. The quantitative estimate of drug-likeness (QED) is 0.273. The first kappa shape index (κ1) is 26.3. The van der Waals surface area contributed by atoms with Crippen LogP contribution in [0.4, 0.5) is 5.13 Å². The fourth-order valence-corrected chi connectivity index (χ4v) is 6.57. The maximum Gasteiger partial charge on any atom is 0.263 e. The molecule has 1 saturated heterocycles. The standard InChI is InChI=1S/C25H24Cl2N4O3S2/c1-2-19(23(28)22-20(26)4-3-5-21(22)27)24(32)31-13-10-17(11-14-31)16-6-8-18(9-7-16)36(33,34)30-25-29-12-15-35-25/h2-9,12,15,17,28H,10-11,13-14H2,1H3,(H,29,30). The van der Waals surface area contributed by atoms with Gasteiger partial charge in [0.15, 0.2) is 5.13 Å². The van der Waals surface area contributed by atoms with Crippen LogP contribution in [0.1, 0.15) is 36.8 Å². The number of allylic oxidation sites excluding steroid dienone is 1. The number of nitrogens with one attached hydrogen (secondary N) is 2. The summed E-state index contributed by atoms with van der Waals surface area (Å²) in [4.78, 5) is 19.1. The molecule has 3 aromatic rings. The number of carbonyl (C=O) groups excluding carboxylic acids is 1. The van der Waals surface area contributed by atoms with Gasteiger partial charge in [0.2, 0.25) is 0 Å². The van der Waals surface area contributed by atoms with E-state index in [2.05, 4.69) is 9.71 Å². The number of piperidine rings is 1. The summed E-state index contributed by atoms with van der Waals surface area (Å²) in [7, 11) is -3.70. The van der Waals surface area contributed by atoms with Crippen molar-refractivity contribution in [3.8, 4) is 0 Å². The second-order valence-corrected chi connectivity index (χ2v) is 11.6.